The monoisotopic (exact) mass is 346 g/mol. The molecule has 0 amide bonds. The summed E-state index contributed by atoms with van der Waals surface area (Å²) in [7, 11) is 0. The minimum Gasteiger partial charge on any atom is -0.356 e. The van der Waals surface area contributed by atoms with Gasteiger partial charge in [-0.05, 0) is 43.2 Å². The van der Waals surface area contributed by atoms with Crippen molar-refractivity contribution < 1.29 is 4.52 Å². The van der Waals surface area contributed by atoms with E-state index in [2.05, 4.69) is 37.1 Å². The summed E-state index contributed by atoms with van der Waals surface area (Å²) >= 11 is 0. The van der Waals surface area contributed by atoms with Gasteiger partial charge in [0.25, 0.3) is 0 Å². The predicted octanol–water partition coefficient (Wildman–Crippen LogP) is 3.39. The Morgan fingerprint density at radius 3 is 3.08 bits per heavy atom. The minimum atomic E-state index is 0.211. The van der Waals surface area contributed by atoms with Crippen LogP contribution in [0.25, 0.3) is 22.4 Å². The fraction of sp³-hybridized carbons (Fsp3) is 0.263. The standard InChI is InChI=1S/C19H18N6O/c1-3-14(11-20-8-1)18-23-19(26-24-18)15-4-2-10-25(12-15)16-6-5-13-7-9-21-17(13)22-16/h1,3,5-9,11,15H,2,4,10,12H2,(H,21,22). The normalized spacial score (nSPS) is 17.7. The molecule has 7 heteroatoms. The van der Waals surface area contributed by atoms with Crippen molar-refractivity contribution in [2.24, 2.45) is 0 Å². The highest BCUT2D eigenvalue weighted by Gasteiger charge is 2.27. The molecule has 1 fully saturated rings. The average Bonchev–Trinajstić information content (AvgIpc) is 3.38. The smallest absolute Gasteiger partial charge is 0.231 e. The number of pyridine rings is 2. The third-order valence-electron chi connectivity index (χ3n) is 4.85. The van der Waals surface area contributed by atoms with Gasteiger partial charge in [0.05, 0.1) is 5.92 Å². The Kier molecular flexibility index (Phi) is 3.62. The largest absolute Gasteiger partial charge is 0.356 e. The molecule has 1 aliphatic heterocycles. The van der Waals surface area contributed by atoms with E-state index >= 15 is 0 Å². The highest BCUT2D eigenvalue weighted by atomic mass is 16.5. The molecule has 1 N–H and O–H groups in total. The van der Waals surface area contributed by atoms with E-state index in [0.29, 0.717) is 11.7 Å². The zero-order chi connectivity index (χ0) is 17.3. The molecule has 1 aliphatic rings. The Balaban J connectivity index is 1.38. The van der Waals surface area contributed by atoms with Crippen molar-refractivity contribution in [1.82, 2.24) is 25.1 Å². The molecule has 1 saturated heterocycles. The van der Waals surface area contributed by atoms with Crippen LogP contribution < -0.4 is 4.90 Å². The zero-order valence-electron chi connectivity index (χ0n) is 14.2. The molecule has 1 atom stereocenters. The van der Waals surface area contributed by atoms with Crippen LogP contribution in [0.4, 0.5) is 5.82 Å². The van der Waals surface area contributed by atoms with Crippen LogP contribution in [0.2, 0.25) is 0 Å². The summed E-state index contributed by atoms with van der Waals surface area (Å²) in [5.74, 6) is 2.48. The van der Waals surface area contributed by atoms with Gasteiger partial charge in [-0.3, -0.25) is 4.98 Å². The van der Waals surface area contributed by atoms with Gasteiger partial charge in [0.1, 0.15) is 11.5 Å². The second-order valence-electron chi connectivity index (χ2n) is 6.57. The van der Waals surface area contributed by atoms with E-state index in [1.807, 2.05) is 24.4 Å². The molecule has 4 aromatic rings. The molecule has 0 saturated carbocycles. The number of hydrogen-bond acceptors (Lipinski definition) is 6. The van der Waals surface area contributed by atoms with Crippen molar-refractivity contribution in [1.29, 1.82) is 0 Å². The molecule has 0 bridgehead atoms. The topological polar surface area (TPSA) is 83.7 Å². The number of hydrogen-bond donors (Lipinski definition) is 1. The second-order valence-corrected chi connectivity index (χ2v) is 6.57. The van der Waals surface area contributed by atoms with Gasteiger partial charge in [-0.2, -0.15) is 4.98 Å². The van der Waals surface area contributed by atoms with Crippen LogP contribution in [0.15, 0.2) is 53.4 Å². The van der Waals surface area contributed by atoms with Crippen molar-refractivity contribution in [3.05, 3.63) is 54.8 Å². The highest BCUT2D eigenvalue weighted by Crippen LogP contribution is 2.30. The number of nitrogens with one attached hydrogen (secondary N) is 1. The molecule has 7 nitrogen and oxygen atoms in total. The second kappa shape index (κ2) is 6.25. The van der Waals surface area contributed by atoms with Gasteiger partial charge in [-0.15, -0.1) is 0 Å². The van der Waals surface area contributed by atoms with E-state index in [0.717, 1.165) is 48.3 Å². The minimum absolute atomic E-state index is 0.211. The number of fused-ring (bicyclic) bond motifs is 1. The molecular formula is C19H18N6O. The quantitative estimate of drug-likeness (QED) is 0.612. The maximum absolute atomic E-state index is 5.56. The lowest BCUT2D eigenvalue weighted by Gasteiger charge is -2.31. The lowest BCUT2D eigenvalue weighted by atomic mass is 9.98. The van der Waals surface area contributed by atoms with E-state index < -0.39 is 0 Å². The van der Waals surface area contributed by atoms with Gasteiger partial charge in [0.15, 0.2) is 0 Å². The number of rotatable bonds is 3. The molecule has 4 aromatic heterocycles. The molecule has 0 aromatic carbocycles. The van der Waals surface area contributed by atoms with Gasteiger partial charge in [0.2, 0.25) is 11.7 Å². The molecule has 5 heterocycles. The zero-order valence-corrected chi connectivity index (χ0v) is 14.2. The van der Waals surface area contributed by atoms with Crippen LogP contribution in [0, 0.1) is 0 Å². The van der Waals surface area contributed by atoms with E-state index in [4.69, 9.17) is 9.51 Å². The van der Waals surface area contributed by atoms with Crippen LogP contribution >= 0.6 is 0 Å². The van der Waals surface area contributed by atoms with Crippen molar-refractivity contribution in [2.75, 3.05) is 18.0 Å². The maximum Gasteiger partial charge on any atom is 0.231 e. The van der Waals surface area contributed by atoms with Gasteiger partial charge in [-0.1, -0.05) is 5.16 Å². The van der Waals surface area contributed by atoms with Gasteiger partial charge in [0, 0.05) is 42.6 Å². The van der Waals surface area contributed by atoms with Crippen molar-refractivity contribution in [2.45, 2.75) is 18.8 Å². The molecule has 1 unspecified atom stereocenters. The molecule has 0 radical (unpaired) electrons. The van der Waals surface area contributed by atoms with Crippen molar-refractivity contribution in [3.8, 4) is 11.4 Å². The summed E-state index contributed by atoms with van der Waals surface area (Å²) in [6.45, 7) is 1.81. The molecule has 0 spiro atoms. The summed E-state index contributed by atoms with van der Waals surface area (Å²) in [4.78, 5) is 18.9. The Morgan fingerprint density at radius 1 is 1.15 bits per heavy atom. The Morgan fingerprint density at radius 2 is 2.15 bits per heavy atom. The lowest BCUT2D eigenvalue weighted by molar-refractivity contribution is 0.333. The first-order valence-electron chi connectivity index (χ1n) is 8.80. The van der Waals surface area contributed by atoms with E-state index in [9.17, 15) is 0 Å². The van der Waals surface area contributed by atoms with Crippen molar-refractivity contribution in [3.63, 3.8) is 0 Å². The Bertz CT molecular complexity index is 1020. The maximum atomic E-state index is 5.56. The van der Waals surface area contributed by atoms with Crippen LogP contribution in [-0.2, 0) is 0 Å². The van der Waals surface area contributed by atoms with Crippen LogP contribution in [0.5, 0.6) is 0 Å². The fourth-order valence-corrected chi connectivity index (χ4v) is 3.50. The summed E-state index contributed by atoms with van der Waals surface area (Å²) in [5.41, 5.74) is 1.79. The average molecular weight is 346 g/mol. The molecule has 130 valence electrons. The van der Waals surface area contributed by atoms with Gasteiger partial charge in [-0.25, -0.2) is 4.98 Å². The first-order chi connectivity index (χ1) is 12.9. The Hall–Kier alpha value is -3.22. The summed E-state index contributed by atoms with van der Waals surface area (Å²) in [6, 6.07) is 10.0. The van der Waals surface area contributed by atoms with Gasteiger partial charge < -0.3 is 14.4 Å². The van der Waals surface area contributed by atoms with Crippen LogP contribution in [0.1, 0.15) is 24.7 Å². The van der Waals surface area contributed by atoms with Crippen molar-refractivity contribution >= 4 is 16.9 Å². The number of nitrogens with zero attached hydrogens (tertiary/aromatic N) is 5. The number of piperidine rings is 1. The first kappa shape index (κ1) is 15.1. The molecule has 5 rings (SSSR count). The fourth-order valence-electron chi connectivity index (χ4n) is 3.50. The van der Waals surface area contributed by atoms with E-state index in [1.54, 1.807) is 12.4 Å². The van der Waals surface area contributed by atoms with Crippen LogP contribution in [0.3, 0.4) is 0 Å². The number of anilines is 1. The lowest BCUT2D eigenvalue weighted by Crippen LogP contribution is -2.35. The SMILES string of the molecule is c1cncc(-c2noc(C3CCCN(c4ccc5cc[nH]c5n4)C3)n2)c1. The summed E-state index contributed by atoms with van der Waals surface area (Å²) < 4.78 is 5.56. The molecule has 26 heavy (non-hydrogen) atoms. The third-order valence-corrected chi connectivity index (χ3v) is 4.85. The predicted molar refractivity (Wildman–Crippen MR) is 97.8 cm³/mol. The number of aromatic amines is 1. The first-order valence-corrected chi connectivity index (χ1v) is 8.80. The van der Waals surface area contributed by atoms with Crippen LogP contribution in [-0.4, -0.2) is 38.2 Å². The van der Waals surface area contributed by atoms with Gasteiger partial charge >= 0.3 is 0 Å². The number of H-pyrrole nitrogens is 1. The van der Waals surface area contributed by atoms with E-state index in [1.165, 1.54) is 0 Å². The molecular weight excluding hydrogens is 328 g/mol. The third kappa shape index (κ3) is 2.71. The number of aromatic nitrogens is 5. The summed E-state index contributed by atoms with van der Waals surface area (Å²) in [6.07, 6.45) is 7.50. The van der Waals surface area contributed by atoms with E-state index in [-0.39, 0.29) is 5.92 Å². The highest BCUT2D eigenvalue weighted by molar-refractivity contribution is 5.77. The molecule has 0 aliphatic carbocycles. The Labute approximate surface area is 150 Å². The summed E-state index contributed by atoms with van der Waals surface area (Å²) in [5, 5.41) is 5.25.